The van der Waals surface area contributed by atoms with Gasteiger partial charge >= 0.3 is 0 Å². The minimum Gasteiger partial charge on any atom is -0.353 e. The summed E-state index contributed by atoms with van der Waals surface area (Å²) in [7, 11) is 0. The molecule has 30 heavy (non-hydrogen) atoms. The van der Waals surface area contributed by atoms with Gasteiger partial charge in [-0.3, -0.25) is 14.3 Å². The van der Waals surface area contributed by atoms with Crippen LogP contribution in [0.15, 0.2) is 36.5 Å². The van der Waals surface area contributed by atoms with E-state index in [9.17, 15) is 9.59 Å². The molecule has 160 valence electrons. The number of hydrogen-bond donors (Lipinski definition) is 1. The van der Waals surface area contributed by atoms with Gasteiger partial charge in [0.05, 0.1) is 0 Å². The van der Waals surface area contributed by atoms with Crippen molar-refractivity contribution in [2.24, 2.45) is 5.92 Å². The third-order valence-electron chi connectivity index (χ3n) is 6.27. The molecule has 2 aromatic rings. The van der Waals surface area contributed by atoms with Gasteiger partial charge in [-0.15, -0.1) is 0 Å². The van der Waals surface area contributed by atoms with E-state index in [0.29, 0.717) is 30.6 Å². The number of rotatable bonds is 8. The highest BCUT2D eigenvalue weighted by atomic mass is 16.2. The van der Waals surface area contributed by atoms with Crippen LogP contribution in [0.25, 0.3) is 0 Å². The lowest BCUT2D eigenvalue weighted by atomic mass is 9.89. The second kappa shape index (κ2) is 9.45. The van der Waals surface area contributed by atoms with Crippen molar-refractivity contribution >= 4 is 11.8 Å². The summed E-state index contributed by atoms with van der Waals surface area (Å²) in [5, 5.41) is 7.26. The molecule has 0 spiro atoms. The van der Waals surface area contributed by atoms with Crippen LogP contribution < -0.4 is 5.32 Å². The average molecular weight is 409 g/mol. The minimum absolute atomic E-state index is 0.0999. The lowest BCUT2D eigenvalue weighted by Gasteiger charge is -2.32. The Morgan fingerprint density at radius 2 is 1.73 bits per heavy atom. The molecule has 1 saturated carbocycles. The van der Waals surface area contributed by atoms with E-state index in [1.54, 1.807) is 10.9 Å². The number of hydrogen-bond acceptors (Lipinski definition) is 3. The molecule has 2 fully saturated rings. The summed E-state index contributed by atoms with van der Waals surface area (Å²) in [5.74, 6) is 0.882. The summed E-state index contributed by atoms with van der Waals surface area (Å²) in [4.78, 5) is 26.6. The molecule has 0 bridgehead atoms. The third kappa shape index (κ3) is 5.29. The molecule has 0 unspecified atom stereocenters. The van der Waals surface area contributed by atoms with Gasteiger partial charge in [0.25, 0.3) is 5.91 Å². The molecule has 0 radical (unpaired) electrons. The molecule has 2 amide bonds. The zero-order chi connectivity index (χ0) is 20.9. The number of aromatic nitrogens is 2. The standard InChI is InChI=1S/C24H32N4O2/c1-2-28-22(11-14-25-28)24(30)27-15-12-20(13-16-27)17-19-5-3-18(4-6-19)7-10-23(29)26-21-8-9-21/h3-6,11,14,20-21H,2,7-10,12-13,15-17H2,1H3,(H,26,29). The van der Waals surface area contributed by atoms with Crippen LogP contribution in [-0.4, -0.2) is 45.6 Å². The van der Waals surface area contributed by atoms with E-state index in [-0.39, 0.29) is 11.8 Å². The molecule has 4 rings (SSSR count). The van der Waals surface area contributed by atoms with Crippen molar-refractivity contribution in [2.45, 2.75) is 64.5 Å². The number of aryl methyl sites for hydroxylation is 2. The van der Waals surface area contributed by atoms with Gasteiger partial charge in [0.15, 0.2) is 0 Å². The minimum atomic E-state index is 0.0999. The van der Waals surface area contributed by atoms with Crippen molar-refractivity contribution in [3.63, 3.8) is 0 Å². The van der Waals surface area contributed by atoms with Gasteiger partial charge in [0.1, 0.15) is 5.69 Å². The van der Waals surface area contributed by atoms with Gasteiger partial charge in [0.2, 0.25) is 5.91 Å². The normalized spacial score (nSPS) is 17.2. The van der Waals surface area contributed by atoms with Crippen LogP contribution >= 0.6 is 0 Å². The number of amides is 2. The predicted molar refractivity (Wildman–Crippen MR) is 116 cm³/mol. The zero-order valence-corrected chi connectivity index (χ0v) is 17.8. The summed E-state index contributed by atoms with van der Waals surface area (Å²) >= 11 is 0. The van der Waals surface area contributed by atoms with Gasteiger partial charge in [-0.1, -0.05) is 24.3 Å². The molecule has 1 aromatic carbocycles. The maximum Gasteiger partial charge on any atom is 0.272 e. The molecular weight excluding hydrogens is 376 g/mol. The molecule has 1 aliphatic carbocycles. The van der Waals surface area contributed by atoms with Crippen molar-refractivity contribution in [2.75, 3.05) is 13.1 Å². The number of carbonyl (C=O) groups is 2. The summed E-state index contributed by atoms with van der Waals surface area (Å²) < 4.78 is 1.77. The van der Waals surface area contributed by atoms with Gasteiger partial charge in [-0.05, 0) is 68.6 Å². The number of carbonyl (C=O) groups excluding carboxylic acids is 2. The van der Waals surface area contributed by atoms with Crippen LogP contribution in [0.3, 0.4) is 0 Å². The highest BCUT2D eigenvalue weighted by Crippen LogP contribution is 2.23. The largest absolute Gasteiger partial charge is 0.353 e. The second-order valence-corrected chi connectivity index (χ2v) is 8.63. The van der Waals surface area contributed by atoms with E-state index in [4.69, 9.17) is 0 Å². The quantitative estimate of drug-likeness (QED) is 0.729. The summed E-state index contributed by atoms with van der Waals surface area (Å²) in [6, 6.07) is 11.0. The maximum absolute atomic E-state index is 12.8. The average Bonchev–Trinajstić information content (AvgIpc) is 3.45. The summed E-state index contributed by atoms with van der Waals surface area (Å²) in [6.07, 6.45) is 8.47. The number of likely N-dealkylation sites (tertiary alicyclic amines) is 1. The molecule has 2 aliphatic rings. The lowest BCUT2D eigenvalue weighted by molar-refractivity contribution is -0.121. The Morgan fingerprint density at radius 1 is 1.03 bits per heavy atom. The monoisotopic (exact) mass is 408 g/mol. The van der Waals surface area contributed by atoms with Gasteiger partial charge in [-0.25, -0.2) is 0 Å². The molecular formula is C24H32N4O2. The Kier molecular flexibility index (Phi) is 6.50. The highest BCUT2D eigenvalue weighted by Gasteiger charge is 2.25. The zero-order valence-electron chi connectivity index (χ0n) is 17.8. The van der Waals surface area contributed by atoms with Gasteiger partial charge in [-0.2, -0.15) is 5.10 Å². The Balaban J connectivity index is 1.22. The van der Waals surface area contributed by atoms with Crippen LogP contribution in [0.4, 0.5) is 0 Å². The fourth-order valence-electron chi connectivity index (χ4n) is 4.23. The molecule has 6 heteroatoms. The first-order chi connectivity index (χ1) is 14.6. The lowest BCUT2D eigenvalue weighted by Crippen LogP contribution is -2.39. The summed E-state index contributed by atoms with van der Waals surface area (Å²) in [6.45, 7) is 4.34. The molecule has 2 heterocycles. The third-order valence-corrected chi connectivity index (χ3v) is 6.27. The van der Waals surface area contributed by atoms with Crippen molar-refractivity contribution in [1.82, 2.24) is 20.0 Å². The molecule has 1 aliphatic heterocycles. The Morgan fingerprint density at radius 3 is 2.40 bits per heavy atom. The van der Waals surface area contributed by atoms with Gasteiger partial charge < -0.3 is 10.2 Å². The van der Waals surface area contributed by atoms with E-state index < -0.39 is 0 Å². The van der Waals surface area contributed by atoms with E-state index in [1.165, 1.54) is 11.1 Å². The first-order valence-electron chi connectivity index (χ1n) is 11.3. The van der Waals surface area contributed by atoms with Crippen molar-refractivity contribution < 1.29 is 9.59 Å². The predicted octanol–water partition coefficient (Wildman–Crippen LogP) is 3.21. The number of piperidine rings is 1. The fraction of sp³-hybridized carbons (Fsp3) is 0.542. The van der Waals surface area contributed by atoms with Crippen molar-refractivity contribution in [1.29, 1.82) is 0 Å². The smallest absolute Gasteiger partial charge is 0.272 e. The maximum atomic E-state index is 12.8. The second-order valence-electron chi connectivity index (χ2n) is 8.63. The topological polar surface area (TPSA) is 67.2 Å². The van der Waals surface area contributed by atoms with Crippen molar-refractivity contribution in [3.05, 3.63) is 53.3 Å². The SMILES string of the molecule is CCn1nccc1C(=O)N1CCC(Cc2ccc(CCC(=O)NC3CC3)cc2)CC1. The molecule has 6 nitrogen and oxygen atoms in total. The number of nitrogens with one attached hydrogen (secondary N) is 1. The van der Waals surface area contributed by atoms with Crippen LogP contribution in [0.2, 0.25) is 0 Å². The van der Waals surface area contributed by atoms with E-state index >= 15 is 0 Å². The van der Waals surface area contributed by atoms with Crippen LogP contribution in [-0.2, 0) is 24.2 Å². The first-order valence-corrected chi connectivity index (χ1v) is 11.3. The van der Waals surface area contributed by atoms with E-state index in [1.807, 2.05) is 17.9 Å². The van der Waals surface area contributed by atoms with Crippen LogP contribution in [0, 0.1) is 5.92 Å². The fourth-order valence-corrected chi connectivity index (χ4v) is 4.23. The summed E-state index contributed by atoms with van der Waals surface area (Å²) in [5.41, 5.74) is 3.25. The molecule has 1 saturated heterocycles. The number of nitrogens with zero attached hydrogens (tertiary/aromatic N) is 3. The number of benzene rings is 1. The van der Waals surface area contributed by atoms with Crippen molar-refractivity contribution in [3.8, 4) is 0 Å². The Hall–Kier alpha value is -2.63. The van der Waals surface area contributed by atoms with Gasteiger partial charge in [0, 0.05) is 38.3 Å². The van der Waals surface area contributed by atoms with Crippen LogP contribution in [0.5, 0.6) is 0 Å². The Bertz CT molecular complexity index is 862. The van der Waals surface area contributed by atoms with E-state index in [2.05, 4.69) is 34.7 Å². The molecule has 1 N–H and O–H groups in total. The molecule has 0 atom stereocenters. The van der Waals surface area contributed by atoms with Crippen LogP contribution in [0.1, 0.15) is 60.6 Å². The first kappa shape index (κ1) is 20.6. The Labute approximate surface area is 178 Å². The van der Waals surface area contributed by atoms with E-state index in [0.717, 1.165) is 51.6 Å². The molecule has 1 aromatic heterocycles. The highest BCUT2D eigenvalue weighted by molar-refractivity contribution is 5.92.